The standard InChI is InChI=1S/C11H13N/c1-4-10-5-7-11(8-6-10)9(2)12-3/h5-9H,4H2,1-2H3. The van der Waals surface area contributed by atoms with Crippen molar-refractivity contribution in [3.63, 3.8) is 0 Å². The molecule has 0 spiro atoms. The molecule has 12 heavy (non-hydrogen) atoms. The first-order valence-corrected chi connectivity index (χ1v) is 4.23. The molecule has 0 saturated carbocycles. The van der Waals surface area contributed by atoms with Crippen LogP contribution in [0.1, 0.15) is 31.0 Å². The van der Waals surface area contributed by atoms with E-state index >= 15 is 0 Å². The van der Waals surface area contributed by atoms with E-state index < -0.39 is 0 Å². The average molecular weight is 159 g/mol. The molecule has 1 rings (SSSR count). The lowest BCUT2D eigenvalue weighted by Gasteiger charge is -2.00. The Bertz CT molecular complexity index is 279. The summed E-state index contributed by atoms with van der Waals surface area (Å²) >= 11 is 0. The smallest absolute Gasteiger partial charge is 0.245 e. The lowest BCUT2D eigenvalue weighted by atomic mass is 10.1. The number of hydrogen-bond donors (Lipinski definition) is 0. The Morgan fingerprint density at radius 3 is 2.33 bits per heavy atom. The zero-order valence-corrected chi connectivity index (χ0v) is 7.54. The van der Waals surface area contributed by atoms with Gasteiger partial charge in [-0.25, -0.2) is 6.57 Å². The van der Waals surface area contributed by atoms with Crippen molar-refractivity contribution in [2.75, 3.05) is 0 Å². The van der Waals surface area contributed by atoms with Crippen LogP contribution < -0.4 is 0 Å². The molecule has 1 heteroatoms. The molecular weight excluding hydrogens is 146 g/mol. The second kappa shape index (κ2) is 3.92. The first-order valence-electron chi connectivity index (χ1n) is 4.23. The molecule has 1 nitrogen and oxygen atoms in total. The summed E-state index contributed by atoms with van der Waals surface area (Å²) in [6.07, 6.45) is 1.06. The molecular formula is C11H13N. The minimum atomic E-state index is -0.00379. The van der Waals surface area contributed by atoms with Crippen LogP contribution in [0.5, 0.6) is 0 Å². The van der Waals surface area contributed by atoms with Crippen LogP contribution in [0.2, 0.25) is 0 Å². The second-order valence-electron chi connectivity index (χ2n) is 2.90. The van der Waals surface area contributed by atoms with Gasteiger partial charge in [0.05, 0.1) is 0 Å². The molecule has 0 aliphatic heterocycles. The van der Waals surface area contributed by atoms with E-state index in [9.17, 15) is 0 Å². The predicted octanol–water partition coefficient (Wildman–Crippen LogP) is 3.23. The third-order valence-corrected chi connectivity index (χ3v) is 2.06. The van der Waals surface area contributed by atoms with Gasteiger partial charge in [-0.05, 0) is 12.0 Å². The van der Waals surface area contributed by atoms with Crippen LogP contribution in [0.15, 0.2) is 24.3 Å². The third-order valence-electron chi connectivity index (χ3n) is 2.06. The van der Waals surface area contributed by atoms with Crippen LogP contribution in [0.3, 0.4) is 0 Å². The Hall–Kier alpha value is -1.29. The van der Waals surface area contributed by atoms with E-state index in [0.717, 1.165) is 12.0 Å². The van der Waals surface area contributed by atoms with Gasteiger partial charge in [0, 0.05) is 12.5 Å². The van der Waals surface area contributed by atoms with Crippen LogP contribution in [0.4, 0.5) is 0 Å². The molecule has 1 atom stereocenters. The molecule has 62 valence electrons. The van der Waals surface area contributed by atoms with Gasteiger partial charge in [0.25, 0.3) is 0 Å². The summed E-state index contributed by atoms with van der Waals surface area (Å²) in [6, 6.07) is 8.27. The summed E-state index contributed by atoms with van der Waals surface area (Å²) in [5.41, 5.74) is 2.44. The number of aryl methyl sites for hydroxylation is 1. The average Bonchev–Trinajstić information content (AvgIpc) is 2.17. The van der Waals surface area contributed by atoms with Crippen molar-refractivity contribution in [3.8, 4) is 0 Å². The van der Waals surface area contributed by atoms with Crippen molar-refractivity contribution in [2.24, 2.45) is 0 Å². The maximum atomic E-state index is 6.87. The molecule has 0 radical (unpaired) electrons. The summed E-state index contributed by atoms with van der Waals surface area (Å²) in [7, 11) is 0. The van der Waals surface area contributed by atoms with Crippen LogP contribution >= 0.6 is 0 Å². The zero-order chi connectivity index (χ0) is 8.97. The largest absolute Gasteiger partial charge is 0.309 e. The van der Waals surface area contributed by atoms with Crippen molar-refractivity contribution in [2.45, 2.75) is 26.3 Å². The van der Waals surface area contributed by atoms with Crippen molar-refractivity contribution in [1.29, 1.82) is 0 Å². The quantitative estimate of drug-likeness (QED) is 0.583. The lowest BCUT2D eigenvalue weighted by molar-refractivity contribution is 0.957. The molecule has 1 aromatic carbocycles. The van der Waals surface area contributed by atoms with E-state index in [1.165, 1.54) is 5.56 Å². The number of benzene rings is 1. The van der Waals surface area contributed by atoms with Gasteiger partial charge >= 0.3 is 0 Å². The van der Waals surface area contributed by atoms with Gasteiger partial charge in [0.1, 0.15) is 0 Å². The monoisotopic (exact) mass is 159 g/mol. The van der Waals surface area contributed by atoms with E-state index in [-0.39, 0.29) is 6.04 Å². The van der Waals surface area contributed by atoms with Gasteiger partial charge in [-0.15, -0.1) is 0 Å². The van der Waals surface area contributed by atoms with Crippen LogP contribution in [-0.4, -0.2) is 0 Å². The minimum Gasteiger partial charge on any atom is -0.309 e. The fraction of sp³-hybridized carbons (Fsp3) is 0.364. The van der Waals surface area contributed by atoms with Crippen LogP contribution in [0, 0.1) is 6.57 Å². The van der Waals surface area contributed by atoms with Gasteiger partial charge in [0.15, 0.2) is 0 Å². The van der Waals surface area contributed by atoms with Crippen LogP contribution in [-0.2, 0) is 6.42 Å². The highest BCUT2D eigenvalue weighted by molar-refractivity contribution is 5.25. The molecule has 0 aliphatic carbocycles. The molecule has 0 aliphatic rings. The number of rotatable bonds is 2. The van der Waals surface area contributed by atoms with E-state index in [1.54, 1.807) is 0 Å². The first kappa shape index (κ1) is 8.80. The number of nitrogens with zero attached hydrogens (tertiary/aromatic N) is 1. The van der Waals surface area contributed by atoms with Gasteiger partial charge in [-0.1, -0.05) is 31.2 Å². The summed E-state index contributed by atoms with van der Waals surface area (Å²) in [5, 5.41) is 0. The van der Waals surface area contributed by atoms with Gasteiger partial charge in [-0.2, -0.15) is 0 Å². The third kappa shape index (κ3) is 1.85. The van der Waals surface area contributed by atoms with Gasteiger partial charge in [-0.3, -0.25) is 0 Å². The van der Waals surface area contributed by atoms with E-state index in [0.29, 0.717) is 0 Å². The molecule has 0 aromatic heterocycles. The van der Waals surface area contributed by atoms with Crippen molar-refractivity contribution >= 4 is 0 Å². The van der Waals surface area contributed by atoms with E-state index in [1.807, 2.05) is 19.1 Å². The molecule has 0 heterocycles. The molecule has 0 fully saturated rings. The zero-order valence-electron chi connectivity index (χ0n) is 7.54. The highest BCUT2D eigenvalue weighted by Gasteiger charge is 2.06. The normalized spacial score (nSPS) is 12.1. The Morgan fingerprint density at radius 2 is 1.92 bits per heavy atom. The molecule has 1 unspecified atom stereocenters. The SMILES string of the molecule is [C-]#[N+]C(C)c1ccc(CC)cc1. The highest BCUT2D eigenvalue weighted by Crippen LogP contribution is 2.16. The summed E-state index contributed by atoms with van der Waals surface area (Å²) in [6.45, 7) is 10.9. The lowest BCUT2D eigenvalue weighted by Crippen LogP contribution is -1.87. The molecule has 0 N–H and O–H groups in total. The molecule has 1 aromatic rings. The van der Waals surface area contributed by atoms with Crippen molar-refractivity contribution < 1.29 is 0 Å². The number of hydrogen-bond acceptors (Lipinski definition) is 0. The van der Waals surface area contributed by atoms with E-state index in [2.05, 4.69) is 23.9 Å². The Balaban J connectivity index is 2.86. The fourth-order valence-electron chi connectivity index (χ4n) is 1.11. The minimum absolute atomic E-state index is 0.00379. The predicted molar refractivity (Wildman–Crippen MR) is 50.8 cm³/mol. The van der Waals surface area contributed by atoms with E-state index in [4.69, 9.17) is 6.57 Å². The maximum absolute atomic E-state index is 6.87. The summed E-state index contributed by atoms with van der Waals surface area (Å²) in [4.78, 5) is 3.46. The maximum Gasteiger partial charge on any atom is 0.245 e. The summed E-state index contributed by atoms with van der Waals surface area (Å²) in [5.74, 6) is 0. The molecule has 0 bridgehead atoms. The Morgan fingerprint density at radius 1 is 1.33 bits per heavy atom. The first-order chi connectivity index (χ1) is 5.77. The summed E-state index contributed by atoms with van der Waals surface area (Å²) < 4.78 is 0. The fourth-order valence-corrected chi connectivity index (χ4v) is 1.11. The van der Waals surface area contributed by atoms with Crippen LogP contribution in [0.25, 0.3) is 4.85 Å². The van der Waals surface area contributed by atoms with Crippen molar-refractivity contribution in [3.05, 3.63) is 46.8 Å². The molecule has 0 amide bonds. The highest BCUT2D eigenvalue weighted by atomic mass is 14.7. The molecule has 0 saturated heterocycles. The van der Waals surface area contributed by atoms with Crippen molar-refractivity contribution in [1.82, 2.24) is 0 Å². The second-order valence-corrected chi connectivity index (χ2v) is 2.90. The van der Waals surface area contributed by atoms with Gasteiger partial charge < -0.3 is 4.85 Å². The Kier molecular flexibility index (Phi) is 2.88. The Labute approximate surface area is 73.9 Å². The van der Waals surface area contributed by atoms with Gasteiger partial charge in [0.2, 0.25) is 6.04 Å². The topological polar surface area (TPSA) is 4.36 Å².